The zero-order chi connectivity index (χ0) is 18.2. The second-order valence-corrected chi connectivity index (χ2v) is 8.73. The van der Waals surface area contributed by atoms with Crippen LogP contribution in [-0.2, 0) is 10.0 Å². The molecule has 0 aliphatic carbocycles. The number of anilines is 1. The molecule has 0 aliphatic rings. The quantitative estimate of drug-likeness (QED) is 0.664. The zero-order valence-electron chi connectivity index (χ0n) is 14.0. The molecule has 7 heteroatoms. The molecule has 0 saturated heterocycles. The molecule has 1 N–H and O–H groups in total. The number of hydrogen-bond donors (Lipinski definition) is 1. The number of nitrogens with zero attached hydrogens (tertiary/aromatic N) is 1. The molecule has 0 unspecified atom stereocenters. The average Bonchev–Trinajstić information content (AvgIpc) is 2.97. The first kappa shape index (κ1) is 17.9. The number of rotatable bonds is 4. The van der Waals surface area contributed by atoms with Gasteiger partial charge in [0.2, 0.25) is 0 Å². The van der Waals surface area contributed by atoms with Crippen molar-refractivity contribution in [3.8, 4) is 10.6 Å². The maximum absolute atomic E-state index is 12.9. The van der Waals surface area contributed by atoms with Crippen molar-refractivity contribution in [3.05, 3.63) is 63.6 Å². The molecule has 0 radical (unpaired) electrons. The number of aryl methyl sites for hydroxylation is 3. The maximum atomic E-state index is 12.9. The number of sulfonamides is 1. The van der Waals surface area contributed by atoms with E-state index in [0.717, 1.165) is 21.8 Å². The smallest absolute Gasteiger partial charge is 0.262 e. The Morgan fingerprint density at radius 3 is 2.48 bits per heavy atom. The lowest BCUT2D eigenvalue weighted by Crippen LogP contribution is -2.15. The molecule has 0 spiro atoms. The van der Waals surface area contributed by atoms with Crippen LogP contribution in [0.25, 0.3) is 10.6 Å². The van der Waals surface area contributed by atoms with Gasteiger partial charge in [-0.2, -0.15) is 0 Å². The summed E-state index contributed by atoms with van der Waals surface area (Å²) in [4.78, 5) is 4.68. The van der Waals surface area contributed by atoms with Gasteiger partial charge in [-0.25, -0.2) is 13.4 Å². The molecule has 1 aromatic heterocycles. The fourth-order valence-corrected chi connectivity index (χ4v) is 4.93. The summed E-state index contributed by atoms with van der Waals surface area (Å²) in [5, 5.41) is 3.27. The number of thiazole rings is 1. The first-order valence-corrected chi connectivity index (χ1v) is 10.3. The summed E-state index contributed by atoms with van der Waals surface area (Å²) in [7, 11) is -3.74. The van der Waals surface area contributed by atoms with E-state index >= 15 is 0 Å². The van der Waals surface area contributed by atoms with Crippen LogP contribution in [-0.4, -0.2) is 13.4 Å². The van der Waals surface area contributed by atoms with Crippen molar-refractivity contribution in [1.29, 1.82) is 0 Å². The van der Waals surface area contributed by atoms with E-state index in [2.05, 4.69) is 9.71 Å². The Kier molecular flexibility index (Phi) is 4.86. The normalized spacial score (nSPS) is 11.5. The van der Waals surface area contributed by atoms with Crippen molar-refractivity contribution in [1.82, 2.24) is 4.98 Å². The molecule has 4 nitrogen and oxygen atoms in total. The SMILES string of the molecule is Cc1csc(-c2ccccc2NS(=O)(=O)c2cc(C)c(Cl)cc2C)n1. The first-order valence-electron chi connectivity index (χ1n) is 7.59. The number of halogens is 1. The summed E-state index contributed by atoms with van der Waals surface area (Å²) >= 11 is 7.56. The Morgan fingerprint density at radius 2 is 1.80 bits per heavy atom. The van der Waals surface area contributed by atoms with E-state index in [0.29, 0.717) is 16.3 Å². The van der Waals surface area contributed by atoms with Gasteiger partial charge < -0.3 is 0 Å². The van der Waals surface area contributed by atoms with Gasteiger partial charge in [0, 0.05) is 21.7 Å². The monoisotopic (exact) mass is 392 g/mol. The summed E-state index contributed by atoms with van der Waals surface area (Å²) in [6.07, 6.45) is 0. The fraction of sp³-hybridized carbons (Fsp3) is 0.167. The molecule has 0 amide bonds. The molecule has 0 atom stereocenters. The second kappa shape index (κ2) is 6.78. The van der Waals surface area contributed by atoms with Gasteiger partial charge in [0.25, 0.3) is 10.0 Å². The van der Waals surface area contributed by atoms with E-state index in [1.54, 1.807) is 38.1 Å². The minimum atomic E-state index is -3.74. The highest BCUT2D eigenvalue weighted by Crippen LogP contribution is 2.32. The molecular formula is C18H17ClN2O2S2. The molecule has 130 valence electrons. The topological polar surface area (TPSA) is 59.1 Å². The number of benzene rings is 2. The van der Waals surface area contributed by atoms with Crippen LogP contribution in [0, 0.1) is 20.8 Å². The predicted octanol–water partition coefficient (Wildman–Crippen LogP) is 5.19. The zero-order valence-corrected chi connectivity index (χ0v) is 16.4. The largest absolute Gasteiger partial charge is 0.279 e. The second-order valence-electron chi connectivity index (χ2n) is 5.81. The van der Waals surface area contributed by atoms with Gasteiger partial charge in [0.05, 0.1) is 10.6 Å². The van der Waals surface area contributed by atoms with Crippen LogP contribution >= 0.6 is 22.9 Å². The van der Waals surface area contributed by atoms with Crippen molar-refractivity contribution in [2.24, 2.45) is 0 Å². The Hall–Kier alpha value is -1.89. The van der Waals surface area contributed by atoms with Crippen LogP contribution in [0.5, 0.6) is 0 Å². The van der Waals surface area contributed by atoms with Crippen LogP contribution in [0.1, 0.15) is 16.8 Å². The lowest BCUT2D eigenvalue weighted by molar-refractivity contribution is 0.600. The molecule has 3 aromatic rings. The van der Waals surface area contributed by atoms with Gasteiger partial charge >= 0.3 is 0 Å². The van der Waals surface area contributed by atoms with E-state index in [1.165, 1.54) is 11.3 Å². The Balaban J connectivity index is 2.04. The highest BCUT2D eigenvalue weighted by Gasteiger charge is 2.20. The lowest BCUT2D eigenvalue weighted by atomic mass is 10.2. The average molecular weight is 393 g/mol. The highest BCUT2D eigenvalue weighted by atomic mass is 35.5. The van der Waals surface area contributed by atoms with Crippen LogP contribution in [0.15, 0.2) is 46.7 Å². The van der Waals surface area contributed by atoms with Crippen LogP contribution in [0.3, 0.4) is 0 Å². The molecule has 25 heavy (non-hydrogen) atoms. The number of aromatic nitrogens is 1. The van der Waals surface area contributed by atoms with E-state index in [1.807, 2.05) is 24.4 Å². The van der Waals surface area contributed by atoms with Crippen LogP contribution in [0.2, 0.25) is 5.02 Å². The Labute approximate surface area is 156 Å². The van der Waals surface area contributed by atoms with Gasteiger partial charge in [-0.15, -0.1) is 11.3 Å². The first-order chi connectivity index (χ1) is 11.8. The highest BCUT2D eigenvalue weighted by molar-refractivity contribution is 7.92. The van der Waals surface area contributed by atoms with Crippen molar-refractivity contribution >= 4 is 38.6 Å². The number of hydrogen-bond acceptors (Lipinski definition) is 4. The molecule has 2 aromatic carbocycles. The Morgan fingerprint density at radius 1 is 1.08 bits per heavy atom. The molecule has 0 aliphatic heterocycles. The van der Waals surface area contributed by atoms with Gasteiger partial charge in [-0.3, -0.25) is 4.72 Å². The van der Waals surface area contributed by atoms with E-state index < -0.39 is 10.0 Å². The van der Waals surface area contributed by atoms with E-state index in [4.69, 9.17) is 11.6 Å². The molecule has 0 bridgehead atoms. The number of nitrogens with one attached hydrogen (secondary N) is 1. The molecule has 0 saturated carbocycles. The summed E-state index contributed by atoms with van der Waals surface area (Å²) in [6.45, 7) is 5.43. The van der Waals surface area contributed by atoms with Gasteiger partial charge in [-0.1, -0.05) is 23.7 Å². The minimum Gasteiger partial charge on any atom is -0.279 e. The third-order valence-corrected chi connectivity index (χ3v) is 6.67. The molecule has 3 rings (SSSR count). The molecule has 1 heterocycles. The minimum absolute atomic E-state index is 0.222. The van der Waals surface area contributed by atoms with Gasteiger partial charge in [0.1, 0.15) is 5.01 Å². The van der Waals surface area contributed by atoms with Gasteiger partial charge in [0.15, 0.2) is 0 Å². The van der Waals surface area contributed by atoms with Crippen LogP contribution < -0.4 is 4.72 Å². The van der Waals surface area contributed by atoms with Crippen molar-refractivity contribution in [3.63, 3.8) is 0 Å². The summed E-state index contributed by atoms with van der Waals surface area (Å²) in [5.74, 6) is 0. The standard InChI is InChI=1S/C18H17ClN2O2S2/c1-11-9-17(12(2)8-15(11)19)25(22,23)21-16-7-5-4-6-14(16)18-20-13(3)10-24-18/h4-10,21H,1-3H3. The third kappa shape index (κ3) is 3.71. The molecule has 0 fully saturated rings. The van der Waals surface area contributed by atoms with Crippen LogP contribution in [0.4, 0.5) is 5.69 Å². The van der Waals surface area contributed by atoms with Crippen molar-refractivity contribution in [2.75, 3.05) is 4.72 Å². The maximum Gasteiger partial charge on any atom is 0.262 e. The van der Waals surface area contributed by atoms with E-state index in [-0.39, 0.29) is 4.90 Å². The summed E-state index contributed by atoms with van der Waals surface area (Å²) in [6, 6.07) is 10.5. The summed E-state index contributed by atoms with van der Waals surface area (Å²) in [5.41, 5.74) is 3.49. The third-order valence-electron chi connectivity index (χ3n) is 3.77. The Bertz CT molecular complexity index is 1040. The predicted molar refractivity (Wildman–Crippen MR) is 104 cm³/mol. The van der Waals surface area contributed by atoms with E-state index in [9.17, 15) is 8.42 Å². The van der Waals surface area contributed by atoms with Crippen molar-refractivity contribution in [2.45, 2.75) is 25.7 Å². The summed E-state index contributed by atoms with van der Waals surface area (Å²) < 4.78 is 28.5. The van der Waals surface area contributed by atoms with Gasteiger partial charge in [-0.05, 0) is 56.2 Å². The molecular weight excluding hydrogens is 376 g/mol. The van der Waals surface area contributed by atoms with Crippen molar-refractivity contribution < 1.29 is 8.42 Å². The lowest BCUT2D eigenvalue weighted by Gasteiger charge is -2.14. The fourth-order valence-electron chi connectivity index (χ4n) is 2.48. The number of para-hydroxylation sites is 1.